The number of esters is 1. The second-order valence-corrected chi connectivity index (χ2v) is 5.64. The van der Waals surface area contributed by atoms with Gasteiger partial charge >= 0.3 is 5.97 Å². The number of amides is 1. The van der Waals surface area contributed by atoms with E-state index >= 15 is 0 Å². The number of halogens is 1. The highest BCUT2D eigenvalue weighted by molar-refractivity contribution is 7.10. The maximum absolute atomic E-state index is 12.8. The Bertz CT molecular complexity index is 643. The molecule has 1 aromatic carbocycles. The summed E-state index contributed by atoms with van der Waals surface area (Å²) in [5.41, 5.74) is 0. The molecule has 2 rings (SSSR count). The van der Waals surface area contributed by atoms with E-state index in [-0.39, 0.29) is 24.8 Å². The Labute approximate surface area is 137 Å². The topological polar surface area (TPSA) is 64.6 Å². The van der Waals surface area contributed by atoms with Crippen LogP contribution in [0.1, 0.15) is 17.3 Å². The quantitative estimate of drug-likeness (QED) is 0.789. The molecule has 5 nitrogen and oxygen atoms in total. The minimum atomic E-state index is -0.466. The van der Waals surface area contributed by atoms with Crippen LogP contribution in [0.25, 0.3) is 0 Å². The number of methoxy groups -OCH3 is 1. The predicted octanol–water partition coefficient (Wildman–Crippen LogP) is 2.69. The first-order valence-electron chi connectivity index (χ1n) is 6.86. The van der Waals surface area contributed by atoms with Crippen LogP contribution in [-0.2, 0) is 14.3 Å². The zero-order chi connectivity index (χ0) is 16.7. The Balaban J connectivity index is 1.91. The van der Waals surface area contributed by atoms with Gasteiger partial charge in [0, 0.05) is 4.88 Å². The summed E-state index contributed by atoms with van der Waals surface area (Å²) in [4.78, 5) is 24.3. The van der Waals surface area contributed by atoms with Crippen molar-refractivity contribution < 1.29 is 23.5 Å². The minimum absolute atomic E-state index is 0.0410. The average Bonchev–Trinajstić information content (AvgIpc) is 3.08. The normalized spacial score (nSPS) is 11.6. The van der Waals surface area contributed by atoms with Gasteiger partial charge in [-0.1, -0.05) is 6.07 Å². The zero-order valence-corrected chi connectivity index (χ0v) is 13.3. The molecule has 1 N–H and O–H groups in total. The molecule has 0 spiro atoms. The highest BCUT2D eigenvalue weighted by atomic mass is 32.1. The summed E-state index contributed by atoms with van der Waals surface area (Å²) in [5.74, 6) is -0.778. The van der Waals surface area contributed by atoms with Gasteiger partial charge in [-0.15, -0.1) is 11.3 Å². The number of rotatable bonds is 7. The van der Waals surface area contributed by atoms with Crippen molar-refractivity contribution in [3.63, 3.8) is 0 Å². The zero-order valence-electron chi connectivity index (χ0n) is 12.5. The summed E-state index contributed by atoms with van der Waals surface area (Å²) < 4.78 is 22.7. The number of ether oxygens (including phenoxy) is 2. The molecule has 0 unspecified atom stereocenters. The minimum Gasteiger partial charge on any atom is -0.484 e. The number of hydrogen-bond donors (Lipinski definition) is 1. The van der Waals surface area contributed by atoms with E-state index in [2.05, 4.69) is 10.1 Å². The highest BCUT2D eigenvalue weighted by Gasteiger charge is 2.20. The number of thiophene rings is 1. The van der Waals surface area contributed by atoms with Gasteiger partial charge in [-0.05, 0) is 35.7 Å². The first-order valence-corrected chi connectivity index (χ1v) is 7.74. The van der Waals surface area contributed by atoms with Gasteiger partial charge in [0.15, 0.2) is 6.61 Å². The van der Waals surface area contributed by atoms with Crippen LogP contribution < -0.4 is 10.1 Å². The maximum Gasteiger partial charge on any atom is 0.307 e. The van der Waals surface area contributed by atoms with Gasteiger partial charge in [-0.3, -0.25) is 9.59 Å². The molecule has 0 saturated carbocycles. The van der Waals surface area contributed by atoms with Gasteiger partial charge in [0.25, 0.3) is 5.91 Å². The number of carbonyl (C=O) groups excluding carboxylic acids is 2. The fourth-order valence-electron chi connectivity index (χ4n) is 1.88. The monoisotopic (exact) mass is 337 g/mol. The lowest BCUT2D eigenvalue weighted by Gasteiger charge is -2.16. The van der Waals surface area contributed by atoms with Gasteiger partial charge in [0.2, 0.25) is 0 Å². The number of hydrogen-bond acceptors (Lipinski definition) is 5. The summed E-state index contributed by atoms with van der Waals surface area (Å²) in [6.07, 6.45) is 0.0410. The van der Waals surface area contributed by atoms with Crippen molar-refractivity contribution in [2.24, 2.45) is 0 Å². The lowest BCUT2D eigenvalue weighted by atomic mass is 10.1. The van der Waals surface area contributed by atoms with Crippen molar-refractivity contribution in [2.75, 3.05) is 13.7 Å². The van der Waals surface area contributed by atoms with Crippen LogP contribution in [0.5, 0.6) is 5.75 Å². The molecular formula is C16H16FNO4S. The molecule has 0 fully saturated rings. The fraction of sp³-hybridized carbons (Fsp3) is 0.250. The van der Waals surface area contributed by atoms with Crippen molar-refractivity contribution in [3.05, 3.63) is 52.5 Å². The molecule has 1 amide bonds. The molecule has 1 heterocycles. The molecule has 0 radical (unpaired) electrons. The molecule has 0 aliphatic rings. The lowest BCUT2D eigenvalue weighted by Crippen LogP contribution is -2.33. The van der Waals surface area contributed by atoms with Crippen LogP contribution in [0.2, 0.25) is 0 Å². The van der Waals surface area contributed by atoms with Crippen LogP contribution >= 0.6 is 11.3 Å². The third kappa shape index (κ3) is 5.37. The van der Waals surface area contributed by atoms with Crippen LogP contribution in [0.4, 0.5) is 4.39 Å². The molecule has 0 aliphatic carbocycles. The van der Waals surface area contributed by atoms with E-state index in [0.29, 0.717) is 5.75 Å². The lowest BCUT2D eigenvalue weighted by molar-refractivity contribution is -0.141. The molecule has 7 heteroatoms. The predicted molar refractivity (Wildman–Crippen MR) is 83.7 cm³/mol. The Morgan fingerprint density at radius 3 is 2.61 bits per heavy atom. The van der Waals surface area contributed by atoms with Crippen LogP contribution in [0, 0.1) is 5.82 Å². The fourth-order valence-corrected chi connectivity index (χ4v) is 2.66. The van der Waals surface area contributed by atoms with Gasteiger partial charge in [-0.25, -0.2) is 4.39 Å². The van der Waals surface area contributed by atoms with Crippen LogP contribution in [0.3, 0.4) is 0 Å². The van der Waals surface area contributed by atoms with Crippen LogP contribution in [0.15, 0.2) is 41.8 Å². The van der Waals surface area contributed by atoms with Crippen molar-refractivity contribution in [2.45, 2.75) is 12.5 Å². The van der Waals surface area contributed by atoms with Gasteiger partial charge in [0.1, 0.15) is 11.6 Å². The Kier molecular flexibility index (Phi) is 6.10. The second kappa shape index (κ2) is 8.28. The average molecular weight is 337 g/mol. The van der Waals surface area contributed by atoms with Gasteiger partial charge in [-0.2, -0.15) is 0 Å². The SMILES string of the molecule is COC(=O)C[C@H](NC(=O)COc1ccc(F)cc1)c1cccs1. The summed E-state index contributed by atoms with van der Waals surface area (Å²) in [6, 6.07) is 8.58. The Hall–Kier alpha value is -2.41. The van der Waals surface area contributed by atoms with Crippen molar-refractivity contribution in [3.8, 4) is 5.75 Å². The second-order valence-electron chi connectivity index (χ2n) is 4.66. The third-order valence-electron chi connectivity index (χ3n) is 3.00. The first-order chi connectivity index (χ1) is 11.1. The summed E-state index contributed by atoms with van der Waals surface area (Å²) in [5, 5.41) is 4.60. The van der Waals surface area contributed by atoms with Gasteiger partial charge < -0.3 is 14.8 Å². The van der Waals surface area contributed by atoms with E-state index in [9.17, 15) is 14.0 Å². The molecule has 23 heavy (non-hydrogen) atoms. The number of nitrogens with one attached hydrogen (secondary N) is 1. The molecule has 1 aromatic heterocycles. The summed E-state index contributed by atoms with van der Waals surface area (Å²) in [7, 11) is 1.30. The maximum atomic E-state index is 12.8. The summed E-state index contributed by atoms with van der Waals surface area (Å²) >= 11 is 1.44. The molecule has 0 aliphatic heterocycles. The molecule has 0 saturated heterocycles. The Morgan fingerprint density at radius 2 is 2.00 bits per heavy atom. The van der Waals surface area contributed by atoms with E-state index in [1.54, 1.807) is 0 Å². The Morgan fingerprint density at radius 1 is 1.26 bits per heavy atom. The van der Waals surface area contributed by atoms with Crippen molar-refractivity contribution >= 4 is 23.2 Å². The highest BCUT2D eigenvalue weighted by Crippen LogP contribution is 2.22. The van der Waals surface area contributed by atoms with Gasteiger partial charge in [0.05, 0.1) is 19.6 Å². The van der Waals surface area contributed by atoms with E-state index in [0.717, 1.165) is 4.88 Å². The van der Waals surface area contributed by atoms with E-state index in [1.807, 2.05) is 17.5 Å². The smallest absolute Gasteiger partial charge is 0.307 e. The molecule has 122 valence electrons. The van der Waals surface area contributed by atoms with Crippen molar-refractivity contribution in [1.82, 2.24) is 5.32 Å². The molecule has 2 aromatic rings. The first kappa shape index (κ1) is 17.0. The van der Waals surface area contributed by atoms with E-state index < -0.39 is 12.0 Å². The van der Waals surface area contributed by atoms with Crippen molar-refractivity contribution in [1.29, 1.82) is 0 Å². The number of carbonyl (C=O) groups is 2. The third-order valence-corrected chi connectivity index (χ3v) is 3.99. The van der Waals surface area contributed by atoms with Crippen LogP contribution in [-0.4, -0.2) is 25.6 Å². The molecular weight excluding hydrogens is 321 g/mol. The molecule has 1 atom stereocenters. The van der Waals surface area contributed by atoms with E-state index in [4.69, 9.17) is 4.74 Å². The summed E-state index contributed by atoms with van der Waals surface area (Å²) in [6.45, 7) is -0.227. The van der Waals surface area contributed by atoms with E-state index in [1.165, 1.54) is 42.7 Å². The standard InChI is InChI=1S/C16H16FNO4S/c1-21-16(20)9-13(14-3-2-8-23-14)18-15(19)10-22-12-6-4-11(17)5-7-12/h2-8,13H,9-10H2,1H3,(H,18,19)/t13-/m0/s1. The molecule has 0 bridgehead atoms. The number of benzene rings is 1. The largest absolute Gasteiger partial charge is 0.484 e.